The first-order valence-electron chi connectivity index (χ1n) is 7.18. The number of halogens is 2. The molecule has 0 aromatic heterocycles. The minimum atomic E-state index is -3.91. The fourth-order valence-electron chi connectivity index (χ4n) is 2.49. The van der Waals surface area contributed by atoms with Crippen molar-refractivity contribution in [2.75, 3.05) is 38.7 Å². The van der Waals surface area contributed by atoms with Gasteiger partial charge in [-0.3, -0.25) is 0 Å². The molecule has 0 aliphatic carbocycles. The molecule has 1 unspecified atom stereocenters. The lowest BCUT2D eigenvalue weighted by molar-refractivity contribution is -0.0631. The third kappa shape index (κ3) is 3.91. The molecule has 0 bridgehead atoms. The maximum absolute atomic E-state index is 13.5. The Morgan fingerprint density at radius 3 is 2.78 bits per heavy atom. The highest BCUT2D eigenvalue weighted by atomic mass is 32.2. The van der Waals surface area contributed by atoms with E-state index in [0.29, 0.717) is 11.5 Å². The van der Waals surface area contributed by atoms with Crippen molar-refractivity contribution in [1.29, 1.82) is 0 Å². The first-order chi connectivity index (χ1) is 10.9. The van der Waals surface area contributed by atoms with Gasteiger partial charge in [-0.1, -0.05) is 12.1 Å². The number of nitrogens with zero attached hydrogens (tertiary/aromatic N) is 1. The number of benzene rings is 1. The molecular weight excluding hydrogens is 332 g/mol. The highest BCUT2D eigenvalue weighted by Gasteiger charge is 2.40. The molecule has 0 radical (unpaired) electrons. The van der Waals surface area contributed by atoms with Gasteiger partial charge in [0, 0.05) is 6.54 Å². The van der Waals surface area contributed by atoms with Crippen LogP contribution >= 0.6 is 0 Å². The van der Waals surface area contributed by atoms with Crippen molar-refractivity contribution in [2.45, 2.75) is 12.0 Å². The molecule has 0 N–H and O–H groups in total. The van der Waals surface area contributed by atoms with Crippen molar-refractivity contribution < 1.29 is 31.4 Å². The monoisotopic (exact) mass is 349 g/mol. The number of sulfonamides is 1. The Morgan fingerprint density at radius 1 is 1.26 bits per heavy atom. The van der Waals surface area contributed by atoms with Gasteiger partial charge in [-0.15, -0.1) is 0 Å². The zero-order valence-corrected chi connectivity index (χ0v) is 13.1. The predicted octanol–water partition coefficient (Wildman–Crippen LogP) is 1.12. The van der Waals surface area contributed by atoms with E-state index in [4.69, 9.17) is 14.2 Å². The molecule has 0 amide bonds. The van der Waals surface area contributed by atoms with Crippen molar-refractivity contribution in [1.82, 2.24) is 4.31 Å². The van der Waals surface area contributed by atoms with Gasteiger partial charge < -0.3 is 14.2 Å². The van der Waals surface area contributed by atoms with E-state index in [0.717, 1.165) is 4.31 Å². The highest BCUT2D eigenvalue weighted by Crippen LogP contribution is 2.31. The lowest BCUT2D eigenvalue weighted by Crippen LogP contribution is -2.46. The van der Waals surface area contributed by atoms with Gasteiger partial charge in [0.05, 0.1) is 13.2 Å². The third-order valence-corrected chi connectivity index (χ3v) is 5.45. The Hall–Kier alpha value is -1.45. The number of ether oxygens (including phenoxy) is 3. The number of para-hydroxylation sites is 2. The van der Waals surface area contributed by atoms with Crippen molar-refractivity contribution >= 4 is 10.0 Å². The molecule has 2 aliphatic rings. The van der Waals surface area contributed by atoms with E-state index in [9.17, 15) is 17.2 Å². The average Bonchev–Trinajstić information content (AvgIpc) is 2.68. The molecule has 2 aliphatic heterocycles. The lowest BCUT2D eigenvalue weighted by atomic mass is 10.3. The van der Waals surface area contributed by atoms with E-state index < -0.39 is 41.0 Å². The molecular formula is C14H17F2NO5S. The van der Waals surface area contributed by atoms with Crippen LogP contribution < -0.4 is 9.47 Å². The summed E-state index contributed by atoms with van der Waals surface area (Å²) in [7, 11) is -3.91. The molecule has 0 saturated carbocycles. The number of hydrogen-bond donors (Lipinski definition) is 0. The quantitative estimate of drug-likeness (QED) is 0.818. The number of hydrogen-bond acceptors (Lipinski definition) is 5. The third-order valence-electron chi connectivity index (χ3n) is 3.56. The molecule has 1 saturated heterocycles. The van der Waals surface area contributed by atoms with E-state index in [1.165, 1.54) is 0 Å². The fraction of sp³-hybridized carbons (Fsp3) is 0.571. The van der Waals surface area contributed by atoms with Gasteiger partial charge in [-0.2, -0.15) is 4.31 Å². The van der Waals surface area contributed by atoms with Crippen LogP contribution in [0.4, 0.5) is 8.78 Å². The summed E-state index contributed by atoms with van der Waals surface area (Å²) in [5, 5.41) is 0. The Balaban J connectivity index is 1.69. The van der Waals surface area contributed by atoms with Crippen LogP contribution in [0.5, 0.6) is 11.5 Å². The SMILES string of the molecule is O=S(=O)(CC1COc2ccccc2O1)N1CCOCC(F)(F)C1. The fourth-order valence-corrected chi connectivity index (χ4v) is 4.08. The van der Waals surface area contributed by atoms with E-state index in [-0.39, 0.29) is 19.8 Å². The molecule has 2 heterocycles. The second-order valence-electron chi connectivity index (χ2n) is 5.52. The topological polar surface area (TPSA) is 65.1 Å². The van der Waals surface area contributed by atoms with E-state index in [1.54, 1.807) is 24.3 Å². The maximum atomic E-state index is 13.5. The summed E-state index contributed by atoms with van der Waals surface area (Å²) in [5.41, 5.74) is 0. The van der Waals surface area contributed by atoms with Crippen LogP contribution in [0.2, 0.25) is 0 Å². The molecule has 1 aromatic carbocycles. The van der Waals surface area contributed by atoms with E-state index >= 15 is 0 Å². The second-order valence-corrected chi connectivity index (χ2v) is 7.53. The summed E-state index contributed by atoms with van der Waals surface area (Å²) in [6.07, 6.45) is -0.743. The van der Waals surface area contributed by atoms with Crippen LogP contribution in [0.1, 0.15) is 0 Å². The van der Waals surface area contributed by atoms with Crippen LogP contribution in [-0.4, -0.2) is 63.4 Å². The van der Waals surface area contributed by atoms with Gasteiger partial charge in [0.25, 0.3) is 5.92 Å². The summed E-state index contributed by atoms with van der Waals surface area (Å²) in [6.45, 7) is -1.74. The minimum Gasteiger partial charge on any atom is -0.486 e. The molecule has 0 spiro atoms. The highest BCUT2D eigenvalue weighted by molar-refractivity contribution is 7.89. The van der Waals surface area contributed by atoms with Crippen molar-refractivity contribution in [3.05, 3.63) is 24.3 Å². The van der Waals surface area contributed by atoms with Gasteiger partial charge in [0.15, 0.2) is 11.5 Å². The maximum Gasteiger partial charge on any atom is 0.284 e. The van der Waals surface area contributed by atoms with Crippen LogP contribution in [-0.2, 0) is 14.8 Å². The molecule has 1 aromatic rings. The van der Waals surface area contributed by atoms with Crippen molar-refractivity contribution in [3.63, 3.8) is 0 Å². The van der Waals surface area contributed by atoms with E-state index in [1.807, 2.05) is 0 Å². The number of alkyl halides is 2. The smallest absolute Gasteiger partial charge is 0.284 e. The predicted molar refractivity (Wildman–Crippen MR) is 77.5 cm³/mol. The summed E-state index contributed by atoms with van der Waals surface area (Å²) in [5.74, 6) is -2.63. The van der Waals surface area contributed by atoms with Gasteiger partial charge >= 0.3 is 0 Å². The first-order valence-corrected chi connectivity index (χ1v) is 8.79. The Kier molecular flexibility index (Phi) is 4.43. The van der Waals surface area contributed by atoms with Gasteiger partial charge in [0.2, 0.25) is 10.0 Å². The largest absolute Gasteiger partial charge is 0.486 e. The molecule has 6 nitrogen and oxygen atoms in total. The van der Waals surface area contributed by atoms with Crippen LogP contribution in [0.25, 0.3) is 0 Å². The second kappa shape index (κ2) is 6.21. The average molecular weight is 349 g/mol. The van der Waals surface area contributed by atoms with Gasteiger partial charge in [0.1, 0.15) is 25.1 Å². The Labute approximate surface area is 133 Å². The summed E-state index contributed by atoms with van der Waals surface area (Å²) >= 11 is 0. The van der Waals surface area contributed by atoms with Crippen LogP contribution in [0, 0.1) is 0 Å². The normalized spacial score (nSPS) is 24.9. The van der Waals surface area contributed by atoms with Crippen LogP contribution in [0.15, 0.2) is 24.3 Å². The zero-order chi connectivity index (χ0) is 16.5. The molecule has 1 fully saturated rings. The molecule has 1 atom stereocenters. The van der Waals surface area contributed by atoms with Crippen molar-refractivity contribution in [3.8, 4) is 11.5 Å². The van der Waals surface area contributed by atoms with E-state index in [2.05, 4.69) is 0 Å². The Bertz CT molecular complexity index is 667. The molecule has 23 heavy (non-hydrogen) atoms. The molecule has 3 rings (SSSR count). The summed E-state index contributed by atoms with van der Waals surface area (Å²) in [4.78, 5) is 0. The molecule has 128 valence electrons. The molecule has 9 heteroatoms. The summed E-state index contributed by atoms with van der Waals surface area (Å²) in [6, 6.07) is 6.90. The van der Waals surface area contributed by atoms with Gasteiger partial charge in [-0.05, 0) is 12.1 Å². The number of rotatable bonds is 3. The summed E-state index contributed by atoms with van der Waals surface area (Å²) < 4.78 is 68.5. The van der Waals surface area contributed by atoms with Crippen molar-refractivity contribution in [2.24, 2.45) is 0 Å². The van der Waals surface area contributed by atoms with Crippen LogP contribution in [0.3, 0.4) is 0 Å². The Morgan fingerprint density at radius 2 is 2.00 bits per heavy atom. The zero-order valence-electron chi connectivity index (χ0n) is 12.3. The lowest BCUT2D eigenvalue weighted by Gasteiger charge is -2.29. The number of fused-ring (bicyclic) bond motifs is 1. The van der Waals surface area contributed by atoms with Gasteiger partial charge in [-0.25, -0.2) is 17.2 Å². The first kappa shape index (κ1) is 16.4. The minimum absolute atomic E-state index is 0.0526. The standard InChI is InChI=1S/C14H17F2NO5S/c15-14(16)9-17(5-6-20-10-14)23(18,19)8-11-7-21-12-3-1-2-4-13(12)22-11/h1-4,11H,5-10H2.